The van der Waals surface area contributed by atoms with E-state index in [9.17, 15) is 18.0 Å². The minimum absolute atomic E-state index is 0.0461. The monoisotopic (exact) mass is 496 g/mol. The topological polar surface area (TPSA) is 51.2 Å². The first-order chi connectivity index (χ1) is 13.8. The summed E-state index contributed by atoms with van der Waals surface area (Å²) < 4.78 is 52.2. The molecule has 30 heavy (non-hydrogen) atoms. The molecule has 1 aliphatic rings. The average Bonchev–Trinajstić information content (AvgIpc) is 2.57. The molecule has 0 spiro atoms. The number of carbonyl (C=O) groups excluding carboxylic acids is 1. The molecule has 0 saturated carbocycles. The third-order valence-corrected chi connectivity index (χ3v) is 4.97. The second kappa shape index (κ2) is 10.1. The van der Waals surface area contributed by atoms with Crippen molar-refractivity contribution in [2.75, 3.05) is 32.8 Å². The number of rotatable bonds is 6. The lowest BCUT2D eigenvalue weighted by Crippen LogP contribution is -2.55. The van der Waals surface area contributed by atoms with E-state index in [4.69, 9.17) is 9.47 Å². The summed E-state index contributed by atoms with van der Waals surface area (Å²) in [7, 11) is 0. The largest absolute Gasteiger partial charge is 0.573 e. The van der Waals surface area contributed by atoms with Crippen LogP contribution in [0, 0.1) is 0 Å². The average molecular weight is 497 g/mol. The lowest BCUT2D eigenvalue weighted by molar-refractivity contribution is -0.274. The molecule has 10 heteroatoms. The van der Waals surface area contributed by atoms with Crippen molar-refractivity contribution >= 4 is 22.0 Å². The van der Waals surface area contributed by atoms with E-state index in [0.717, 1.165) is 26.1 Å². The van der Waals surface area contributed by atoms with Crippen molar-refractivity contribution in [2.45, 2.75) is 52.1 Å². The number of halogens is 4. The summed E-state index contributed by atoms with van der Waals surface area (Å²) in [6, 6.07) is 3.92. The fourth-order valence-electron chi connectivity index (χ4n) is 3.09. The molecule has 170 valence electrons. The molecule has 0 bridgehead atoms. The Labute approximate surface area is 183 Å². The molecule has 0 radical (unpaired) electrons. The number of hydrogen-bond donors (Lipinski definition) is 0. The number of amides is 1. The van der Waals surface area contributed by atoms with Gasteiger partial charge in [0.2, 0.25) is 0 Å². The van der Waals surface area contributed by atoms with Crippen molar-refractivity contribution in [1.29, 1.82) is 0 Å². The molecule has 1 fully saturated rings. The van der Waals surface area contributed by atoms with E-state index in [2.05, 4.69) is 25.6 Å². The molecule has 2 rings (SSSR count). The Bertz CT molecular complexity index is 725. The van der Waals surface area contributed by atoms with Crippen LogP contribution in [-0.4, -0.2) is 66.7 Å². The van der Waals surface area contributed by atoms with Gasteiger partial charge >= 0.3 is 12.5 Å². The highest BCUT2D eigenvalue weighted by Crippen LogP contribution is 2.32. The lowest BCUT2D eigenvalue weighted by Gasteiger charge is -2.40. The highest BCUT2D eigenvalue weighted by molar-refractivity contribution is 9.10. The van der Waals surface area contributed by atoms with Gasteiger partial charge in [0.1, 0.15) is 17.1 Å². The molecular weight excluding hydrogens is 469 g/mol. The number of carbonyl (C=O) groups is 1. The van der Waals surface area contributed by atoms with Crippen LogP contribution in [0.2, 0.25) is 0 Å². The molecule has 1 aromatic rings. The molecule has 1 aromatic carbocycles. The molecular formula is C20H28BrF3N2O4. The van der Waals surface area contributed by atoms with E-state index in [0.29, 0.717) is 23.4 Å². The second-order valence-corrected chi connectivity index (χ2v) is 9.02. The number of alkyl halides is 3. The fourth-order valence-corrected chi connectivity index (χ4v) is 3.57. The van der Waals surface area contributed by atoms with Crippen LogP contribution in [0.3, 0.4) is 0 Å². The van der Waals surface area contributed by atoms with Crippen molar-refractivity contribution in [2.24, 2.45) is 0 Å². The third kappa shape index (κ3) is 8.22. The number of ether oxygens (including phenoxy) is 3. The van der Waals surface area contributed by atoms with Crippen molar-refractivity contribution < 1.29 is 32.2 Å². The zero-order chi connectivity index (χ0) is 22.5. The van der Waals surface area contributed by atoms with Gasteiger partial charge in [-0.05, 0) is 68.2 Å². The molecule has 0 aliphatic carbocycles. The van der Waals surface area contributed by atoms with Gasteiger partial charge in [-0.25, -0.2) is 4.79 Å². The number of nitrogens with zero attached hydrogens (tertiary/aromatic N) is 2. The number of piperazine rings is 1. The maximum absolute atomic E-state index is 12.3. The van der Waals surface area contributed by atoms with Crippen molar-refractivity contribution in [1.82, 2.24) is 9.80 Å². The molecule has 1 saturated heterocycles. The zero-order valence-corrected chi connectivity index (χ0v) is 19.2. The van der Waals surface area contributed by atoms with Gasteiger partial charge in [-0.2, -0.15) is 0 Å². The molecule has 1 amide bonds. The summed E-state index contributed by atoms with van der Waals surface area (Å²) in [5.74, 6) is 0.145. The Morgan fingerprint density at radius 3 is 2.50 bits per heavy atom. The third-order valence-electron chi connectivity index (χ3n) is 4.35. The van der Waals surface area contributed by atoms with Crippen LogP contribution in [0.5, 0.6) is 11.5 Å². The Morgan fingerprint density at radius 2 is 1.93 bits per heavy atom. The van der Waals surface area contributed by atoms with Gasteiger partial charge in [-0.3, -0.25) is 4.90 Å². The molecule has 0 aromatic heterocycles. The maximum atomic E-state index is 12.3. The van der Waals surface area contributed by atoms with E-state index in [-0.39, 0.29) is 17.9 Å². The van der Waals surface area contributed by atoms with Crippen LogP contribution >= 0.6 is 15.9 Å². The zero-order valence-electron chi connectivity index (χ0n) is 17.6. The standard InChI is InChI=1S/C20H28BrF3N2O4/c1-14-13-25(9-10-26(14)18(27)30-19(2,3)4)8-5-11-28-17-7-6-15(12-16(17)21)29-20(22,23)24/h6-7,12,14H,5,8-11,13H2,1-4H3/t14-/m1/s1. The van der Waals surface area contributed by atoms with Crippen LogP contribution in [-0.2, 0) is 4.74 Å². The highest BCUT2D eigenvalue weighted by Gasteiger charge is 2.32. The molecule has 0 N–H and O–H groups in total. The first kappa shape index (κ1) is 24.6. The van der Waals surface area contributed by atoms with Crippen LogP contribution in [0.15, 0.2) is 22.7 Å². The van der Waals surface area contributed by atoms with Gasteiger partial charge in [-0.15, -0.1) is 13.2 Å². The van der Waals surface area contributed by atoms with Crippen LogP contribution in [0.1, 0.15) is 34.1 Å². The minimum atomic E-state index is -4.73. The van der Waals surface area contributed by atoms with Crippen LogP contribution < -0.4 is 9.47 Å². The molecule has 6 nitrogen and oxygen atoms in total. The maximum Gasteiger partial charge on any atom is 0.573 e. The van der Waals surface area contributed by atoms with E-state index >= 15 is 0 Å². The van der Waals surface area contributed by atoms with Gasteiger partial charge in [0.15, 0.2) is 0 Å². The SMILES string of the molecule is C[C@@H]1CN(CCCOc2ccc(OC(F)(F)F)cc2Br)CCN1C(=O)OC(C)(C)C. The smallest absolute Gasteiger partial charge is 0.492 e. The van der Waals surface area contributed by atoms with Gasteiger partial charge < -0.3 is 19.1 Å². The number of hydrogen-bond acceptors (Lipinski definition) is 5. The van der Waals surface area contributed by atoms with E-state index in [1.165, 1.54) is 18.2 Å². The van der Waals surface area contributed by atoms with Gasteiger partial charge in [0.05, 0.1) is 11.1 Å². The Balaban J connectivity index is 1.73. The summed E-state index contributed by atoms with van der Waals surface area (Å²) in [5, 5.41) is 0. The summed E-state index contributed by atoms with van der Waals surface area (Å²) >= 11 is 3.20. The molecule has 1 aliphatic heterocycles. The second-order valence-electron chi connectivity index (χ2n) is 8.17. The molecule has 1 atom stereocenters. The normalized spacial score (nSPS) is 18.3. The first-order valence-corrected chi connectivity index (χ1v) is 10.5. The quantitative estimate of drug-likeness (QED) is 0.515. The Hall–Kier alpha value is -1.68. The highest BCUT2D eigenvalue weighted by atomic mass is 79.9. The summed E-state index contributed by atoms with van der Waals surface area (Å²) in [6.45, 7) is 10.8. The molecule has 0 unspecified atom stereocenters. The summed E-state index contributed by atoms with van der Waals surface area (Å²) in [4.78, 5) is 16.3. The van der Waals surface area contributed by atoms with Gasteiger partial charge in [-0.1, -0.05) is 0 Å². The number of benzene rings is 1. The predicted molar refractivity (Wildman–Crippen MR) is 110 cm³/mol. The summed E-state index contributed by atoms with van der Waals surface area (Å²) in [5.41, 5.74) is -0.517. The van der Waals surface area contributed by atoms with E-state index in [1.54, 1.807) is 4.90 Å². The van der Waals surface area contributed by atoms with Gasteiger partial charge in [0, 0.05) is 32.2 Å². The van der Waals surface area contributed by atoms with Crippen molar-refractivity contribution in [3.05, 3.63) is 22.7 Å². The molecule has 1 heterocycles. The van der Waals surface area contributed by atoms with Crippen molar-refractivity contribution in [3.63, 3.8) is 0 Å². The fraction of sp³-hybridized carbons (Fsp3) is 0.650. The minimum Gasteiger partial charge on any atom is -0.492 e. The first-order valence-electron chi connectivity index (χ1n) is 9.74. The Kier molecular flexibility index (Phi) is 8.27. The van der Waals surface area contributed by atoms with Gasteiger partial charge in [0.25, 0.3) is 0 Å². The Morgan fingerprint density at radius 1 is 1.23 bits per heavy atom. The van der Waals surface area contributed by atoms with Crippen molar-refractivity contribution in [3.8, 4) is 11.5 Å². The van der Waals surface area contributed by atoms with Crippen LogP contribution in [0.25, 0.3) is 0 Å². The van der Waals surface area contributed by atoms with E-state index in [1.807, 2.05) is 27.7 Å². The summed E-state index contributed by atoms with van der Waals surface area (Å²) in [6.07, 6.45) is -4.28. The van der Waals surface area contributed by atoms with E-state index < -0.39 is 12.0 Å². The predicted octanol–water partition coefficient (Wildman–Crippen LogP) is 5.06. The lowest BCUT2D eigenvalue weighted by atomic mass is 10.2. The van der Waals surface area contributed by atoms with Crippen LogP contribution in [0.4, 0.5) is 18.0 Å².